The van der Waals surface area contributed by atoms with Gasteiger partial charge in [-0.05, 0) is 13.0 Å². The number of amides is 1. The normalized spacial score (nSPS) is 18.6. The van der Waals surface area contributed by atoms with Crippen LogP contribution in [-0.4, -0.2) is 36.6 Å². The maximum absolute atomic E-state index is 14.2. The van der Waals surface area contributed by atoms with Gasteiger partial charge in [0.05, 0.1) is 18.9 Å². The standard InChI is InChI=1S/C22H18F3N7O2/c1-21(11-22(21,24)25)20(33)29-15-9-28-18(30-17(15)26)14-8-16(19-27-6-7-34-19)32(31-14)10-12-4-2-3-5-13(12)23/h2-9H,10-11H2,1H3,(H,29,33)(H2,26,28,30). The van der Waals surface area contributed by atoms with Gasteiger partial charge in [0.2, 0.25) is 11.8 Å². The summed E-state index contributed by atoms with van der Waals surface area (Å²) in [7, 11) is 0. The second kappa shape index (κ2) is 7.68. The van der Waals surface area contributed by atoms with Crippen molar-refractivity contribution in [1.82, 2.24) is 24.7 Å². The summed E-state index contributed by atoms with van der Waals surface area (Å²) in [6.45, 7) is 1.26. The lowest BCUT2D eigenvalue weighted by Gasteiger charge is -2.12. The number of anilines is 2. The van der Waals surface area contributed by atoms with Gasteiger partial charge in [0, 0.05) is 18.1 Å². The van der Waals surface area contributed by atoms with Crippen molar-refractivity contribution in [3.8, 4) is 23.1 Å². The summed E-state index contributed by atoms with van der Waals surface area (Å²) in [6.07, 6.45) is 3.55. The van der Waals surface area contributed by atoms with E-state index >= 15 is 0 Å². The molecule has 3 N–H and O–H groups in total. The van der Waals surface area contributed by atoms with E-state index in [-0.39, 0.29) is 35.5 Å². The molecule has 9 nitrogen and oxygen atoms in total. The van der Waals surface area contributed by atoms with Crippen molar-refractivity contribution in [3.63, 3.8) is 0 Å². The monoisotopic (exact) mass is 469 g/mol. The van der Waals surface area contributed by atoms with Crippen molar-refractivity contribution in [3.05, 3.63) is 60.4 Å². The molecule has 1 aromatic carbocycles. The van der Waals surface area contributed by atoms with Crippen molar-refractivity contribution in [2.24, 2.45) is 5.41 Å². The number of nitrogens with zero attached hydrogens (tertiary/aromatic N) is 5. The second-order valence-electron chi connectivity index (χ2n) is 8.16. The van der Waals surface area contributed by atoms with Gasteiger partial charge in [-0.3, -0.25) is 9.48 Å². The SMILES string of the molecule is CC1(C(=O)Nc2cnc(-c3cc(-c4ncco4)n(Cc4ccccc4F)n3)nc2N)CC1(F)F. The zero-order valence-electron chi connectivity index (χ0n) is 17.8. The minimum Gasteiger partial charge on any atom is -0.443 e. The summed E-state index contributed by atoms with van der Waals surface area (Å²) >= 11 is 0. The van der Waals surface area contributed by atoms with Crippen LogP contribution in [0.1, 0.15) is 18.9 Å². The van der Waals surface area contributed by atoms with Gasteiger partial charge in [-0.15, -0.1) is 0 Å². The largest absolute Gasteiger partial charge is 0.443 e. The van der Waals surface area contributed by atoms with Gasteiger partial charge in [0.1, 0.15) is 34.6 Å². The van der Waals surface area contributed by atoms with E-state index in [1.807, 2.05) is 0 Å². The molecule has 12 heteroatoms. The number of hydrogen-bond acceptors (Lipinski definition) is 7. The predicted octanol–water partition coefficient (Wildman–Crippen LogP) is 3.75. The molecule has 3 heterocycles. The van der Waals surface area contributed by atoms with Crippen LogP contribution in [0.2, 0.25) is 0 Å². The number of nitrogens with one attached hydrogen (secondary N) is 1. The summed E-state index contributed by atoms with van der Waals surface area (Å²) in [5, 5.41) is 6.82. The smallest absolute Gasteiger partial charge is 0.263 e. The number of oxazole rings is 1. The lowest BCUT2D eigenvalue weighted by atomic mass is 10.1. The minimum absolute atomic E-state index is 0.0105. The highest BCUT2D eigenvalue weighted by Crippen LogP contribution is 2.60. The summed E-state index contributed by atoms with van der Waals surface area (Å²) in [5.41, 5.74) is 5.31. The first-order chi connectivity index (χ1) is 16.2. The van der Waals surface area contributed by atoms with E-state index in [1.54, 1.807) is 24.3 Å². The highest BCUT2D eigenvalue weighted by molar-refractivity contribution is 5.99. The van der Waals surface area contributed by atoms with Gasteiger partial charge < -0.3 is 15.5 Å². The van der Waals surface area contributed by atoms with Crippen LogP contribution in [0.5, 0.6) is 0 Å². The van der Waals surface area contributed by atoms with Gasteiger partial charge >= 0.3 is 0 Å². The third-order valence-electron chi connectivity index (χ3n) is 5.76. The fraction of sp³-hybridized carbons (Fsp3) is 0.227. The van der Waals surface area contributed by atoms with E-state index < -0.39 is 29.5 Å². The number of nitrogen functional groups attached to an aromatic ring is 1. The Morgan fingerprint density at radius 3 is 2.71 bits per heavy atom. The number of hydrogen-bond donors (Lipinski definition) is 2. The molecule has 1 unspecified atom stereocenters. The molecule has 0 radical (unpaired) electrons. The number of halogens is 3. The molecule has 1 amide bonds. The van der Waals surface area contributed by atoms with Crippen LogP contribution >= 0.6 is 0 Å². The van der Waals surface area contributed by atoms with Crippen LogP contribution in [0.25, 0.3) is 23.1 Å². The molecule has 0 saturated heterocycles. The highest BCUT2D eigenvalue weighted by atomic mass is 19.3. The Hall–Kier alpha value is -4.22. The van der Waals surface area contributed by atoms with E-state index in [0.29, 0.717) is 11.3 Å². The number of benzene rings is 1. The Kier molecular flexibility index (Phi) is 4.88. The summed E-state index contributed by atoms with van der Waals surface area (Å²) in [5.74, 6) is -4.07. The summed E-state index contributed by atoms with van der Waals surface area (Å²) in [6, 6.07) is 7.88. The Morgan fingerprint density at radius 1 is 1.29 bits per heavy atom. The van der Waals surface area contributed by atoms with Crippen molar-refractivity contribution >= 4 is 17.4 Å². The molecule has 4 aromatic rings. The van der Waals surface area contributed by atoms with Crippen LogP contribution in [0, 0.1) is 11.2 Å². The quantitative estimate of drug-likeness (QED) is 0.441. The zero-order valence-corrected chi connectivity index (χ0v) is 17.8. The molecule has 1 fully saturated rings. The van der Waals surface area contributed by atoms with Crippen molar-refractivity contribution in [2.45, 2.75) is 25.8 Å². The Bertz CT molecular complexity index is 1390. The first-order valence-corrected chi connectivity index (χ1v) is 10.2. The van der Waals surface area contributed by atoms with E-state index in [1.165, 1.54) is 36.3 Å². The van der Waals surface area contributed by atoms with Crippen LogP contribution in [0.3, 0.4) is 0 Å². The van der Waals surface area contributed by atoms with Gasteiger partial charge in [-0.2, -0.15) is 5.10 Å². The number of nitrogens with two attached hydrogens (primary N) is 1. The van der Waals surface area contributed by atoms with E-state index in [0.717, 1.165) is 0 Å². The molecule has 1 saturated carbocycles. The summed E-state index contributed by atoms with van der Waals surface area (Å²) < 4.78 is 48.1. The molecule has 0 spiro atoms. The molecule has 1 atom stereocenters. The molecule has 3 aromatic heterocycles. The molecular weight excluding hydrogens is 451 g/mol. The van der Waals surface area contributed by atoms with Crippen LogP contribution < -0.4 is 11.1 Å². The van der Waals surface area contributed by atoms with Gasteiger partial charge in [-0.1, -0.05) is 18.2 Å². The van der Waals surface area contributed by atoms with Crippen molar-refractivity contribution < 1.29 is 22.4 Å². The third-order valence-corrected chi connectivity index (χ3v) is 5.76. The third kappa shape index (κ3) is 3.66. The van der Waals surface area contributed by atoms with E-state index in [9.17, 15) is 18.0 Å². The minimum atomic E-state index is -3.06. The van der Waals surface area contributed by atoms with Crippen LogP contribution in [-0.2, 0) is 11.3 Å². The van der Waals surface area contributed by atoms with Gasteiger partial charge in [-0.25, -0.2) is 28.1 Å². The molecule has 0 bridgehead atoms. The van der Waals surface area contributed by atoms with E-state index in [2.05, 4.69) is 25.4 Å². The Balaban J connectivity index is 1.45. The second-order valence-corrected chi connectivity index (χ2v) is 8.16. The number of carbonyl (C=O) groups is 1. The van der Waals surface area contributed by atoms with E-state index in [4.69, 9.17) is 10.2 Å². The van der Waals surface area contributed by atoms with Gasteiger partial charge in [0.15, 0.2) is 11.6 Å². The van der Waals surface area contributed by atoms with Crippen LogP contribution in [0.4, 0.5) is 24.7 Å². The maximum Gasteiger partial charge on any atom is 0.263 e. The molecule has 1 aliphatic carbocycles. The number of carbonyl (C=O) groups excluding carboxylic acids is 1. The first-order valence-electron chi connectivity index (χ1n) is 10.2. The van der Waals surface area contributed by atoms with Crippen LogP contribution in [0.15, 0.2) is 53.4 Å². The molecule has 0 aliphatic heterocycles. The lowest BCUT2D eigenvalue weighted by molar-refractivity contribution is -0.123. The summed E-state index contributed by atoms with van der Waals surface area (Å²) in [4.78, 5) is 24.7. The fourth-order valence-corrected chi connectivity index (χ4v) is 3.48. The molecule has 34 heavy (non-hydrogen) atoms. The number of rotatable bonds is 6. The topological polar surface area (TPSA) is 125 Å². The average Bonchev–Trinajstić information content (AvgIpc) is 3.23. The fourth-order valence-electron chi connectivity index (χ4n) is 3.48. The maximum atomic E-state index is 14.2. The zero-order chi connectivity index (χ0) is 24.1. The first kappa shape index (κ1) is 21.6. The lowest BCUT2D eigenvalue weighted by Crippen LogP contribution is -2.27. The van der Waals surface area contributed by atoms with Crippen molar-refractivity contribution in [1.29, 1.82) is 0 Å². The molecule has 174 valence electrons. The number of aromatic nitrogens is 5. The predicted molar refractivity (Wildman–Crippen MR) is 115 cm³/mol. The highest BCUT2D eigenvalue weighted by Gasteiger charge is 2.72. The average molecular weight is 469 g/mol. The van der Waals surface area contributed by atoms with Gasteiger partial charge in [0.25, 0.3) is 5.92 Å². The Morgan fingerprint density at radius 2 is 2.06 bits per heavy atom. The molecular formula is C22H18F3N7O2. The number of alkyl halides is 2. The van der Waals surface area contributed by atoms with Crippen molar-refractivity contribution in [2.75, 3.05) is 11.1 Å². The molecule has 1 aliphatic rings. The molecule has 5 rings (SSSR count). The Labute approximate surface area is 190 Å².